The van der Waals surface area contributed by atoms with E-state index in [1.165, 1.54) is 51.4 Å². The molecule has 4 heteroatoms. The Bertz CT molecular complexity index is 265. The van der Waals surface area contributed by atoms with Crippen LogP contribution in [-0.2, 0) is 4.79 Å². The maximum Gasteiger partial charge on any atom is 0.223 e. The lowest BCUT2D eigenvalue weighted by atomic mass is 9.96. The minimum Gasteiger partial charge on any atom is -0.338 e. The molecule has 0 aromatic rings. The van der Waals surface area contributed by atoms with Crippen LogP contribution in [0.2, 0.25) is 0 Å². The van der Waals surface area contributed by atoms with Gasteiger partial charge in [0.05, 0.1) is 0 Å². The van der Waals surface area contributed by atoms with E-state index in [0.29, 0.717) is 17.9 Å². The number of likely N-dealkylation sites (tertiary alicyclic amines) is 1. The van der Waals surface area contributed by atoms with Crippen molar-refractivity contribution in [3.8, 4) is 0 Å². The molecule has 112 valence electrons. The predicted octanol–water partition coefficient (Wildman–Crippen LogP) is 2.98. The Kier molecular flexibility index (Phi) is 7.77. The molecular formula is C15H29ClN2O. The summed E-state index contributed by atoms with van der Waals surface area (Å²) in [6.45, 7) is 1.94. The number of carbonyl (C=O) groups excluding carboxylic acids is 1. The molecule has 0 bridgehead atoms. The summed E-state index contributed by atoms with van der Waals surface area (Å²) in [7, 11) is 1.98. The highest BCUT2D eigenvalue weighted by Crippen LogP contribution is 2.27. The first-order valence-corrected chi connectivity index (χ1v) is 7.75. The number of hydrogen-bond acceptors (Lipinski definition) is 2. The van der Waals surface area contributed by atoms with Gasteiger partial charge in [-0.3, -0.25) is 4.79 Å². The largest absolute Gasteiger partial charge is 0.338 e. The van der Waals surface area contributed by atoms with Crippen LogP contribution in [0.5, 0.6) is 0 Å². The number of nitrogens with zero attached hydrogens (tertiary/aromatic N) is 1. The second-order valence-corrected chi connectivity index (χ2v) is 6.00. The lowest BCUT2D eigenvalue weighted by molar-refractivity contribution is -0.133. The van der Waals surface area contributed by atoms with E-state index in [1.54, 1.807) is 0 Å². The van der Waals surface area contributed by atoms with Crippen molar-refractivity contribution in [3.05, 3.63) is 0 Å². The summed E-state index contributed by atoms with van der Waals surface area (Å²) >= 11 is 0. The van der Waals surface area contributed by atoms with Crippen LogP contribution in [0.15, 0.2) is 0 Å². The minimum atomic E-state index is 0. The summed E-state index contributed by atoms with van der Waals surface area (Å²) in [4.78, 5) is 14.5. The molecule has 3 nitrogen and oxygen atoms in total. The van der Waals surface area contributed by atoms with Crippen molar-refractivity contribution in [1.29, 1.82) is 0 Å². The summed E-state index contributed by atoms with van der Waals surface area (Å²) in [6.07, 6.45) is 11.1. The molecule has 19 heavy (non-hydrogen) atoms. The van der Waals surface area contributed by atoms with Crippen LogP contribution in [0.25, 0.3) is 0 Å². The van der Waals surface area contributed by atoms with Crippen molar-refractivity contribution in [2.45, 2.75) is 63.8 Å². The molecule has 1 saturated carbocycles. The van der Waals surface area contributed by atoms with Gasteiger partial charge in [-0.05, 0) is 38.6 Å². The van der Waals surface area contributed by atoms with Crippen LogP contribution in [0.3, 0.4) is 0 Å². The summed E-state index contributed by atoms with van der Waals surface area (Å²) in [6, 6.07) is 0.452. The maximum atomic E-state index is 12.4. The fourth-order valence-corrected chi connectivity index (χ4v) is 3.54. The number of carbonyl (C=O) groups is 1. The van der Waals surface area contributed by atoms with Gasteiger partial charge in [-0.1, -0.05) is 25.7 Å². The fourth-order valence-electron chi connectivity index (χ4n) is 3.54. The molecule has 1 aliphatic heterocycles. The van der Waals surface area contributed by atoms with E-state index in [2.05, 4.69) is 10.2 Å². The zero-order valence-corrected chi connectivity index (χ0v) is 13.0. The van der Waals surface area contributed by atoms with Crippen LogP contribution >= 0.6 is 12.4 Å². The first kappa shape index (κ1) is 16.8. The van der Waals surface area contributed by atoms with Gasteiger partial charge < -0.3 is 10.2 Å². The SMILES string of the molecule is CNCC1CCCN1C(=O)CC1CCCCCC1.Cl. The van der Waals surface area contributed by atoms with Crippen LogP contribution in [0.1, 0.15) is 57.8 Å². The molecule has 1 heterocycles. The Morgan fingerprint density at radius 3 is 2.42 bits per heavy atom. The molecule has 0 spiro atoms. The van der Waals surface area contributed by atoms with Crippen molar-refractivity contribution in [3.63, 3.8) is 0 Å². The molecule has 1 N–H and O–H groups in total. The van der Waals surface area contributed by atoms with Gasteiger partial charge in [0.15, 0.2) is 0 Å². The quantitative estimate of drug-likeness (QED) is 0.807. The lowest BCUT2D eigenvalue weighted by Gasteiger charge is -2.26. The van der Waals surface area contributed by atoms with E-state index in [1.807, 2.05) is 7.05 Å². The van der Waals surface area contributed by atoms with E-state index in [-0.39, 0.29) is 12.4 Å². The average molecular weight is 289 g/mol. The highest BCUT2D eigenvalue weighted by Gasteiger charge is 2.29. The van der Waals surface area contributed by atoms with Gasteiger partial charge in [-0.25, -0.2) is 0 Å². The van der Waals surface area contributed by atoms with Gasteiger partial charge in [0.25, 0.3) is 0 Å². The predicted molar refractivity (Wildman–Crippen MR) is 81.7 cm³/mol. The van der Waals surface area contributed by atoms with Crippen molar-refractivity contribution in [1.82, 2.24) is 10.2 Å². The molecular weight excluding hydrogens is 260 g/mol. The lowest BCUT2D eigenvalue weighted by Crippen LogP contribution is -2.41. The maximum absolute atomic E-state index is 12.4. The normalized spacial score (nSPS) is 24.9. The topological polar surface area (TPSA) is 32.3 Å². The van der Waals surface area contributed by atoms with E-state index in [4.69, 9.17) is 0 Å². The summed E-state index contributed by atoms with van der Waals surface area (Å²) in [5, 5.41) is 3.21. The molecule has 0 aromatic heterocycles. The summed E-state index contributed by atoms with van der Waals surface area (Å²) in [5.41, 5.74) is 0. The van der Waals surface area contributed by atoms with Gasteiger partial charge in [0.1, 0.15) is 0 Å². The van der Waals surface area contributed by atoms with E-state index in [9.17, 15) is 4.79 Å². The van der Waals surface area contributed by atoms with Crippen molar-refractivity contribution >= 4 is 18.3 Å². The highest BCUT2D eigenvalue weighted by atomic mass is 35.5. The Morgan fingerprint density at radius 1 is 1.11 bits per heavy atom. The molecule has 1 atom stereocenters. The molecule has 0 radical (unpaired) electrons. The van der Waals surface area contributed by atoms with Gasteiger partial charge >= 0.3 is 0 Å². The zero-order chi connectivity index (χ0) is 12.8. The molecule has 1 amide bonds. The molecule has 0 aromatic carbocycles. The van der Waals surface area contributed by atoms with E-state index >= 15 is 0 Å². The number of amides is 1. The van der Waals surface area contributed by atoms with Gasteiger partial charge in [-0.2, -0.15) is 0 Å². The second-order valence-electron chi connectivity index (χ2n) is 6.00. The first-order valence-electron chi connectivity index (χ1n) is 7.75. The van der Waals surface area contributed by atoms with Gasteiger partial charge in [0, 0.05) is 25.6 Å². The summed E-state index contributed by atoms with van der Waals surface area (Å²) < 4.78 is 0. The van der Waals surface area contributed by atoms with Gasteiger partial charge in [-0.15, -0.1) is 12.4 Å². The third-order valence-electron chi connectivity index (χ3n) is 4.58. The van der Waals surface area contributed by atoms with E-state index in [0.717, 1.165) is 19.5 Å². The fraction of sp³-hybridized carbons (Fsp3) is 0.933. The Morgan fingerprint density at radius 2 is 1.79 bits per heavy atom. The first-order chi connectivity index (χ1) is 8.81. The Hall–Kier alpha value is -0.280. The van der Waals surface area contributed by atoms with Crippen LogP contribution in [-0.4, -0.2) is 37.0 Å². The number of hydrogen-bond donors (Lipinski definition) is 1. The van der Waals surface area contributed by atoms with Gasteiger partial charge in [0.2, 0.25) is 5.91 Å². The second kappa shape index (κ2) is 8.80. The standard InChI is InChI=1S/C15H28N2O.ClH/c1-16-12-14-9-6-10-17(14)15(18)11-13-7-4-2-3-5-8-13;/h13-14,16H,2-12H2,1H3;1H. The minimum absolute atomic E-state index is 0. The highest BCUT2D eigenvalue weighted by molar-refractivity contribution is 5.85. The Labute approximate surface area is 123 Å². The molecule has 2 rings (SSSR count). The van der Waals surface area contributed by atoms with Crippen LogP contribution in [0, 0.1) is 5.92 Å². The van der Waals surface area contributed by atoms with E-state index < -0.39 is 0 Å². The molecule has 2 aliphatic rings. The zero-order valence-electron chi connectivity index (χ0n) is 12.2. The van der Waals surface area contributed by atoms with Crippen molar-refractivity contribution in [2.24, 2.45) is 5.92 Å². The third kappa shape index (κ3) is 4.96. The number of nitrogens with one attached hydrogen (secondary N) is 1. The van der Waals surface area contributed by atoms with Crippen molar-refractivity contribution in [2.75, 3.05) is 20.1 Å². The number of rotatable bonds is 4. The molecule has 2 fully saturated rings. The third-order valence-corrected chi connectivity index (χ3v) is 4.58. The molecule has 1 aliphatic carbocycles. The average Bonchev–Trinajstić information content (AvgIpc) is 2.67. The van der Waals surface area contributed by atoms with Crippen molar-refractivity contribution < 1.29 is 4.79 Å². The smallest absolute Gasteiger partial charge is 0.223 e. The summed E-state index contributed by atoms with van der Waals surface area (Å²) in [5.74, 6) is 1.08. The number of likely N-dealkylation sites (N-methyl/N-ethyl adjacent to an activating group) is 1. The molecule has 1 unspecified atom stereocenters. The monoisotopic (exact) mass is 288 g/mol. The molecule has 1 saturated heterocycles. The number of halogens is 1. The van der Waals surface area contributed by atoms with Crippen LogP contribution < -0.4 is 5.32 Å². The Balaban J connectivity index is 0.00000180. The van der Waals surface area contributed by atoms with Crippen LogP contribution in [0.4, 0.5) is 0 Å².